The second-order valence-corrected chi connectivity index (χ2v) is 7.63. The molecule has 0 radical (unpaired) electrons. The van der Waals surface area contributed by atoms with Gasteiger partial charge in [-0.3, -0.25) is 19.7 Å². The summed E-state index contributed by atoms with van der Waals surface area (Å²) in [6.07, 6.45) is -4.82. The molecule has 2 N–H and O–H groups in total. The van der Waals surface area contributed by atoms with E-state index < -0.39 is 33.7 Å². The van der Waals surface area contributed by atoms with Crippen molar-refractivity contribution in [2.75, 3.05) is 10.6 Å². The summed E-state index contributed by atoms with van der Waals surface area (Å²) >= 11 is 6.67. The molecular weight excluding hydrogens is 435 g/mol. The summed E-state index contributed by atoms with van der Waals surface area (Å²) in [7, 11) is 0. The van der Waals surface area contributed by atoms with Gasteiger partial charge in [0.2, 0.25) is 11.8 Å². The highest BCUT2D eigenvalue weighted by atomic mass is 35.5. The van der Waals surface area contributed by atoms with Gasteiger partial charge in [0, 0.05) is 23.1 Å². The molecule has 0 saturated heterocycles. The van der Waals surface area contributed by atoms with Gasteiger partial charge in [-0.15, -0.1) is 11.8 Å². The van der Waals surface area contributed by atoms with Crippen molar-refractivity contribution in [3.63, 3.8) is 0 Å². The van der Waals surface area contributed by atoms with Crippen molar-refractivity contribution in [2.24, 2.45) is 0 Å². The van der Waals surface area contributed by atoms with Gasteiger partial charge in [-0.2, -0.15) is 13.2 Å². The Hall–Kier alpha value is -2.79. The number of nitro benzene ring substituents is 1. The maximum atomic E-state index is 12.8. The van der Waals surface area contributed by atoms with E-state index in [4.69, 9.17) is 11.6 Å². The Morgan fingerprint density at radius 3 is 2.66 bits per heavy atom. The van der Waals surface area contributed by atoms with Crippen molar-refractivity contribution in [3.8, 4) is 0 Å². The minimum Gasteiger partial charge on any atom is -0.326 e. The fourth-order valence-electron chi connectivity index (χ4n) is 2.57. The highest BCUT2D eigenvalue weighted by molar-refractivity contribution is 8.01. The smallest absolute Gasteiger partial charge is 0.326 e. The molecule has 0 aliphatic carbocycles. The zero-order valence-electron chi connectivity index (χ0n) is 14.2. The van der Waals surface area contributed by atoms with E-state index >= 15 is 0 Å². The van der Waals surface area contributed by atoms with Crippen LogP contribution in [0.1, 0.15) is 12.0 Å². The number of halogens is 4. The van der Waals surface area contributed by atoms with E-state index in [1.807, 2.05) is 0 Å². The second-order valence-electron chi connectivity index (χ2n) is 5.98. The van der Waals surface area contributed by atoms with Crippen LogP contribution in [0.5, 0.6) is 0 Å². The van der Waals surface area contributed by atoms with E-state index in [0.29, 0.717) is 4.90 Å². The number of hydrogen-bond donors (Lipinski definition) is 2. The number of anilines is 2. The Balaban J connectivity index is 1.70. The van der Waals surface area contributed by atoms with Gasteiger partial charge in [0.25, 0.3) is 5.69 Å². The quantitative estimate of drug-likeness (QED) is 0.524. The summed E-state index contributed by atoms with van der Waals surface area (Å²) in [4.78, 5) is 35.0. The number of rotatable bonds is 4. The molecule has 2 aromatic carbocycles. The molecule has 0 fully saturated rings. The van der Waals surface area contributed by atoms with Crippen LogP contribution in [-0.2, 0) is 15.8 Å². The molecule has 1 heterocycles. The number of nitro groups is 1. The van der Waals surface area contributed by atoms with Crippen molar-refractivity contribution in [1.82, 2.24) is 0 Å². The van der Waals surface area contributed by atoms with Crippen LogP contribution < -0.4 is 10.6 Å². The van der Waals surface area contributed by atoms with Crippen LogP contribution in [0, 0.1) is 10.1 Å². The zero-order valence-corrected chi connectivity index (χ0v) is 15.8. The Kier molecular flexibility index (Phi) is 5.71. The van der Waals surface area contributed by atoms with Gasteiger partial charge in [0.05, 0.1) is 21.4 Å². The Bertz CT molecular complexity index is 1020. The fourth-order valence-corrected chi connectivity index (χ4v) is 3.85. The number of alkyl halides is 3. The number of amides is 2. The Morgan fingerprint density at radius 1 is 1.28 bits per heavy atom. The maximum Gasteiger partial charge on any atom is 0.416 e. The van der Waals surface area contributed by atoms with Gasteiger partial charge in [0.1, 0.15) is 5.02 Å². The van der Waals surface area contributed by atoms with E-state index in [0.717, 1.165) is 30.0 Å². The van der Waals surface area contributed by atoms with Crippen molar-refractivity contribution in [3.05, 3.63) is 57.1 Å². The van der Waals surface area contributed by atoms with E-state index in [9.17, 15) is 32.9 Å². The Labute approximate surface area is 170 Å². The molecule has 1 aliphatic heterocycles. The molecule has 0 unspecified atom stereocenters. The molecule has 2 amide bonds. The monoisotopic (exact) mass is 445 g/mol. The second kappa shape index (κ2) is 7.91. The third-order valence-electron chi connectivity index (χ3n) is 3.92. The SMILES string of the molecule is O=C(C[C@H]1Sc2ccc(C(F)(F)F)cc2NC1=O)Nc1ccc(Cl)c([N+](=O)[O-])c1. The summed E-state index contributed by atoms with van der Waals surface area (Å²) in [5.74, 6) is -1.20. The zero-order chi connectivity index (χ0) is 21.3. The van der Waals surface area contributed by atoms with Gasteiger partial charge in [0.15, 0.2) is 0 Å². The van der Waals surface area contributed by atoms with Gasteiger partial charge in [-0.25, -0.2) is 0 Å². The molecule has 0 spiro atoms. The molecule has 3 rings (SSSR count). The fraction of sp³-hybridized carbons (Fsp3) is 0.176. The first kappa shape index (κ1) is 20.9. The number of benzene rings is 2. The summed E-state index contributed by atoms with van der Waals surface area (Å²) < 4.78 is 38.4. The first-order valence-electron chi connectivity index (χ1n) is 7.97. The van der Waals surface area contributed by atoms with E-state index in [2.05, 4.69) is 10.6 Å². The number of nitrogens with one attached hydrogen (secondary N) is 2. The lowest BCUT2D eigenvalue weighted by Crippen LogP contribution is -2.32. The standard InChI is InChI=1S/C17H11ClF3N3O4S/c18-10-3-2-9(6-12(10)24(27)28)22-15(25)7-14-16(26)23-11-5-8(17(19,20)21)1-4-13(11)29-14/h1-6,14H,7H2,(H,22,25)(H,23,26)/t14-/m1/s1. The molecule has 7 nitrogen and oxygen atoms in total. The largest absolute Gasteiger partial charge is 0.416 e. The number of carbonyl (C=O) groups is 2. The van der Waals surface area contributed by atoms with Crippen LogP contribution in [-0.4, -0.2) is 22.0 Å². The van der Waals surface area contributed by atoms with Crippen molar-refractivity contribution >= 4 is 52.2 Å². The van der Waals surface area contributed by atoms with E-state index in [1.165, 1.54) is 18.2 Å². The molecule has 1 aliphatic rings. The highest BCUT2D eigenvalue weighted by Crippen LogP contribution is 2.40. The minimum absolute atomic E-state index is 0.0276. The predicted molar refractivity (Wildman–Crippen MR) is 101 cm³/mol. The normalized spacial score (nSPS) is 16.0. The first-order valence-corrected chi connectivity index (χ1v) is 9.23. The molecule has 0 bridgehead atoms. The summed E-state index contributed by atoms with van der Waals surface area (Å²) in [5.41, 5.74) is -1.12. The number of fused-ring (bicyclic) bond motifs is 1. The molecule has 12 heteroatoms. The average Bonchev–Trinajstić information content (AvgIpc) is 2.62. The highest BCUT2D eigenvalue weighted by Gasteiger charge is 2.34. The van der Waals surface area contributed by atoms with Crippen LogP contribution in [0.2, 0.25) is 5.02 Å². The molecule has 29 heavy (non-hydrogen) atoms. The number of nitrogens with zero attached hydrogens (tertiary/aromatic N) is 1. The lowest BCUT2D eigenvalue weighted by atomic mass is 10.1. The molecule has 152 valence electrons. The van der Waals surface area contributed by atoms with Crippen LogP contribution in [0.15, 0.2) is 41.3 Å². The number of thioether (sulfide) groups is 1. The van der Waals surface area contributed by atoms with Gasteiger partial charge in [-0.05, 0) is 30.3 Å². The molecule has 0 saturated carbocycles. The molecule has 0 aromatic heterocycles. The molecule has 2 aromatic rings. The van der Waals surface area contributed by atoms with Crippen LogP contribution in [0.4, 0.5) is 30.2 Å². The van der Waals surface area contributed by atoms with Crippen LogP contribution >= 0.6 is 23.4 Å². The van der Waals surface area contributed by atoms with E-state index in [-0.39, 0.29) is 28.5 Å². The molecule has 1 atom stereocenters. The summed E-state index contributed by atoms with van der Waals surface area (Å²) in [6, 6.07) is 6.68. The third-order valence-corrected chi connectivity index (χ3v) is 5.52. The lowest BCUT2D eigenvalue weighted by Gasteiger charge is -2.24. The minimum atomic E-state index is -4.54. The number of hydrogen-bond acceptors (Lipinski definition) is 5. The average molecular weight is 446 g/mol. The van der Waals surface area contributed by atoms with Crippen molar-refractivity contribution in [2.45, 2.75) is 22.7 Å². The van der Waals surface area contributed by atoms with Gasteiger partial charge >= 0.3 is 6.18 Å². The van der Waals surface area contributed by atoms with Crippen molar-refractivity contribution < 1.29 is 27.7 Å². The maximum absolute atomic E-state index is 12.8. The predicted octanol–water partition coefficient (Wildman–Crippen LogP) is 4.71. The lowest BCUT2D eigenvalue weighted by molar-refractivity contribution is -0.384. The third kappa shape index (κ3) is 4.80. The first-order chi connectivity index (χ1) is 13.5. The Morgan fingerprint density at radius 2 is 2.00 bits per heavy atom. The number of carbonyl (C=O) groups excluding carboxylic acids is 2. The van der Waals surface area contributed by atoms with Gasteiger partial charge < -0.3 is 10.6 Å². The van der Waals surface area contributed by atoms with Crippen LogP contribution in [0.3, 0.4) is 0 Å². The van der Waals surface area contributed by atoms with E-state index in [1.54, 1.807) is 0 Å². The summed E-state index contributed by atoms with van der Waals surface area (Å²) in [5, 5.41) is 14.8. The van der Waals surface area contributed by atoms with Gasteiger partial charge in [-0.1, -0.05) is 11.6 Å². The summed E-state index contributed by atoms with van der Waals surface area (Å²) in [6.45, 7) is 0. The van der Waals surface area contributed by atoms with Crippen molar-refractivity contribution in [1.29, 1.82) is 0 Å². The molecular formula is C17H11ClF3N3O4S. The topological polar surface area (TPSA) is 101 Å². The van der Waals surface area contributed by atoms with Crippen LogP contribution in [0.25, 0.3) is 0 Å².